The molecule has 0 nitrogen and oxygen atoms in total. The first kappa shape index (κ1) is 31.7. The Hall–Kier alpha value is -6.24. The molecule has 0 fully saturated rings. The van der Waals surface area contributed by atoms with Crippen LogP contribution in [0.4, 0.5) is 0 Å². The van der Waals surface area contributed by atoms with Crippen LogP contribution < -0.4 is 0 Å². The van der Waals surface area contributed by atoms with Crippen LogP contribution in [-0.4, -0.2) is 0 Å². The molecule has 0 N–H and O–H groups in total. The summed E-state index contributed by atoms with van der Waals surface area (Å²) in [5.74, 6) is 0. The number of benzene rings is 9. The fourth-order valence-corrected chi connectivity index (χ4v) is 7.95. The Morgan fingerprint density at radius 1 is 0.288 bits per heavy atom. The molecule has 9 rings (SSSR count). The molecule has 9 aromatic rings. The Bertz CT molecular complexity index is 2730. The highest BCUT2D eigenvalue weighted by Gasteiger charge is 2.23. The van der Waals surface area contributed by atoms with Crippen molar-refractivity contribution in [2.24, 2.45) is 0 Å². The van der Waals surface area contributed by atoms with Gasteiger partial charge in [0.05, 0.1) is 0 Å². The summed E-state index contributed by atoms with van der Waals surface area (Å²) in [7, 11) is 0. The van der Waals surface area contributed by atoms with E-state index >= 15 is 0 Å². The zero-order valence-corrected chi connectivity index (χ0v) is 29.9. The molecule has 0 saturated carbocycles. The van der Waals surface area contributed by atoms with Crippen molar-refractivity contribution in [2.45, 2.75) is 26.2 Å². The van der Waals surface area contributed by atoms with Gasteiger partial charge in [0.1, 0.15) is 0 Å². The molecular weight excluding hydrogens is 625 g/mol. The normalized spacial score (nSPS) is 11.8. The minimum absolute atomic E-state index is 0.0126. The lowest BCUT2D eigenvalue weighted by molar-refractivity contribution is 0.591. The molecule has 0 radical (unpaired) electrons. The number of fused-ring (bicyclic) bond motifs is 3. The maximum Gasteiger partial charge on any atom is -0.00198 e. The summed E-state index contributed by atoms with van der Waals surface area (Å²) >= 11 is 0. The highest BCUT2D eigenvalue weighted by Crippen LogP contribution is 2.49. The van der Waals surface area contributed by atoms with Crippen molar-refractivity contribution in [1.29, 1.82) is 0 Å². The molecule has 0 unspecified atom stereocenters. The maximum atomic E-state index is 2.47. The van der Waals surface area contributed by atoms with Crippen LogP contribution in [0.1, 0.15) is 26.3 Å². The first-order valence-electron chi connectivity index (χ1n) is 18.3. The maximum absolute atomic E-state index is 2.47. The van der Waals surface area contributed by atoms with Crippen LogP contribution in [0.15, 0.2) is 188 Å². The van der Waals surface area contributed by atoms with Crippen molar-refractivity contribution >= 4 is 32.3 Å². The van der Waals surface area contributed by atoms with E-state index in [1.54, 1.807) is 0 Å². The summed E-state index contributed by atoms with van der Waals surface area (Å²) in [6, 6.07) is 69.3. The molecule has 248 valence electrons. The van der Waals surface area contributed by atoms with E-state index in [-0.39, 0.29) is 5.41 Å². The lowest BCUT2D eigenvalue weighted by atomic mass is 9.79. The van der Waals surface area contributed by atoms with Crippen LogP contribution in [0.2, 0.25) is 0 Å². The van der Waals surface area contributed by atoms with Crippen LogP contribution >= 0.6 is 0 Å². The molecule has 0 saturated heterocycles. The Kier molecular flexibility index (Phi) is 7.82. The fraction of sp³-hybridized carbons (Fsp3) is 0.0769. The third-order valence-corrected chi connectivity index (χ3v) is 10.6. The molecule has 0 atom stereocenters. The molecule has 0 aromatic heterocycles. The number of rotatable bonds is 5. The van der Waals surface area contributed by atoms with E-state index in [1.807, 2.05) is 0 Å². The second-order valence-electron chi connectivity index (χ2n) is 14.9. The van der Waals surface area contributed by atoms with Crippen molar-refractivity contribution in [1.82, 2.24) is 0 Å². The van der Waals surface area contributed by atoms with Crippen LogP contribution in [0.3, 0.4) is 0 Å². The third-order valence-electron chi connectivity index (χ3n) is 10.6. The second-order valence-corrected chi connectivity index (χ2v) is 14.9. The third kappa shape index (κ3) is 5.58. The van der Waals surface area contributed by atoms with Crippen molar-refractivity contribution in [2.75, 3.05) is 0 Å². The van der Waals surface area contributed by atoms with Crippen molar-refractivity contribution in [3.05, 3.63) is 194 Å². The smallest absolute Gasteiger partial charge is 0.00198 e. The molecule has 0 heteroatoms. The number of hydrogen-bond acceptors (Lipinski definition) is 0. The summed E-state index contributed by atoms with van der Waals surface area (Å²) in [5, 5.41) is 7.56. The average Bonchev–Trinajstić information content (AvgIpc) is 3.19. The van der Waals surface area contributed by atoms with Gasteiger partial charge in [0.15, 0.2) is 0 Å². The van der Waals surface area contributed by atoms with E-state index < -0.39 is 0 Å². The summed E-state index contributed by atoms with van der Waals surface area (Å²) < 4.78 is 0. The van der Waals surface area contributed by atoms with Gasteiger partial charge in [-0.1, -0.05) is 191 Å². The molecular formula is C52H40. The average molecular weight is 665 g/mol. The van der Waals surface area contributed by atoms with Gasteiger partial charge in [-0.15, -0.1) is 0 Å². The second kappa shape index (κ2) is 12.8. The monoisotopic (exact) mass is 664 g/mol. The van der Waals surface area contributed by atoms with Gasteiger partial charge in [0.2, 0.25) is 0 Å². The Morgan fingerprint density at radius 3 is 1.37 bits per heavy atom. The number of hydrogen-bond donors (Lipinski definition) is 0. The molecule has 0 amide bonds. The highest BCUT2D eigenvalue weighted by molar-refractivity contribution is 6.24. The molecule has 0 spiro atoms. The lowest BCUT2D eigenvalue weighted by Gasteiger charge is -2.24. The largest absolute Gasteiger partial charge is 0.0622 e. The SMILES string of the molecule is CC(C)(C)c1ccc2c(-c3ccccc3-c3ccc(-c4ccccc4)cc3)c3ccccc3c(-c3cc4ccccc4cc3-c3ccccc3)c2c1. The predicted molar refractivity (Wildman–Crippen MR) is 225 cm³/mol. The van der Waals surface area contributed by atoms with E-state index in [0.29, 0.717) is 0 Å². The molecule has 0 aliphatic rings. The molecule has 0 bridgehead atoms. The minimum Gasteiger partial charge on any atom is -0.0622 e. The fourth-order valence-electron chi connectivity index (χ4n) is 7.95. The first-order chi connectivity index (χ1) is 25.4. The Labute approximate surface area is 306 Å². The first-order valence-corrected chi connectivity index (χ1v) is 18.3. The van der Waals surface area contributed by atoms with Crippen LogP contribution in [0, 0.1) is 0 Å². The molecule has 52 heavy (non-hydrogen) atoms. The van der Waals surface area contributed by atoms with Crippen LogP contribution in [0.5, 0.6) is 0 Å². The van der Waals surface area contributed by atoms with Crippen LogP contribution in [0.25, 0.3) is 88.0 Å². The van der Waals surface area contributed by atoms with E-state index in [9.17, 15) is 0 Å². The van der Waals surface area contributed by atoms with E-state index in [2.05, 4.69) is 209 Å². The van der Waals surface area contributed by atoms with E-state index in [4.69, 9.17) is 0 Å². The quantitative estimate of drug-likeness (QED) is 0.161. The van der Waals surface area contributed by atoms with Gasteiger partial charge in [-0.25, -0.2) is 0 Å². The summed E-state index contributed by atoms with van der Waals surface area (Å²) in [5.41, 5.74) is 13.8. The lowest BCUT2D eigenvalue weighted by Crippen LogP contribution is -2.10. The van der Waals surface area contributed by atoms with Crippen molar-refractivity contribution in [3.63, 3.8) is 0 Å². The van der Waals surface area contributed by atoms with Gasteiger partial charge in [-0.05, 0) is 117 Å². The summed E-state index contributed by atoms with van der Waals surface area (Å²) in [6.07, 6.45) is 0. The Balaban J connectivity index is 1.37. The summed E-state index contributed by atoms with van der Waals surface area (Å²) in [6.45, 7) is 6.95. The van der Waals surface area contributed by atoms with Gasteiger partial charge in [0, 0.05) is 0 Å². The molecule has 0 aliphatic heterocycles. The minimum atomic E-state index is -0.0126. The zero-order chi connectivity index (χ0) is 35.2. The van der Waals surface area contributed by atoms with Gasteiger partial charge in [-0.3, -0.25) is 0 Å². The topological polar surface area (TPSA) is 0 Å². The van der Waals surface area contributed by atoms with Gasteiger partial charge >= 0.3 is 0 Å². The van der Waals surface area contributed by atoms with Gasteiger partial charge < -0.3 is 0 Å². The van der Waals surface area contributed by atoms with Crippen LogP contribution in [-0.2, 0) is 5.41 Å². The van der Waals surface area contributed by atoms with Gasteiger partial charge in [-0.2, -0.15) is 0 Å². The van der Waals surface area contributed by atoms with Crippen molar-refractivity contribution < 1.29 is 0 Å². The molecule has 0 heterocycles. The Morgan fingerprint density at radius 2 is 0.731 bits per heavy atom. The predicted octanol–water partition coefficient (Wildman–Crippen LogP) is 14.8. The molecule has 0 aliphatic carbocycles. The van der Waals surface area contributed by atoms with E-state index in [1.165, 1.54) is 93.5 Å². The van der Waals surface area contributed by atoms with Crippen molar-refractivity contribution in [3.8, 4) is 55.6 Å². The molecule has 9 aromatic carbocycles. The zero-order valence-electron chi connectivity index (χ0n) is 29.9. The van der Waals surface area contributed by atoms with Gasteiger partial charge in [0.25, 0.3) is 0 Å². The van der Waals surface area contributed by atoms with E-state index in [0.717, 1.165) is 0 Å². The standard InChI is InChI=1S/C52H40/c1-52(2,3)41-30-31-46-49(34-41)51(48-33-40-21-11-10-20-39(40)32-47(48)37-18-8-5-9-19-37)45-25-15-14-24-44(45)50(46)43-23-13-12-22-42(43)38-28-26-36(27-29-38)35-16-6-4-7-17-35/h4-34H,1-3H3. The highest BCUT2D eigenvalue weighted by atomic mass is 14.3. The summed E-state index contributed by atoms with van der Waals surface area (Å²) in [4.78, 5) is 0.